The minimum atomic E-state index is -0.236. The molecule has 2 N–H and O–H groups in total. The molecule has 0 saturated carbocycles. The summed E-state index contributed by atoms with van der Waals surface area (Å²) >= 11 is 0. The second kappa shape index (κ2) is 3.38. The van der Waals surface area contributed by atoms with Crippen LogP contribution in [0.2, 0.25) is 0 Å². The number of aryl methyl sites for hydroxylation is 2. The maximum Gasteiger partial charge on any atom is 0.123 e. The lowest BCUT2D eigenvalue weighted by Crippen LogP contribution is -1.96. The predicted molar refractivity (Wildman–Crippen MR) is 57.8 cm³/mol. The summed E-state index contributed by atoms with van der Waals surface area (Å²) in [6.45, 7) is 1.85. The molecule has 2 aromatic rings. The molecule has 0 aliphatic carbocycles. The average molecular weight is 205 g/mol. The lowest BCUT2D eigenvalue weighted by molar-refractivity contribution is 0.627. The van der Waals surface area contributed by atoms with E-state index in [9.17, 15) is 4.39 Å². The Labute approximate surface area is 87.3 Å². The summed E-state index contributed by atoms with van der Waals surface area (Å²) in [4.78, 5) is 0. The van der Waals surface area contributed by atoms with E-state index in [1.807, 2.05) is 6.92 Å². The number of aromatic nitrogens is 2. The van der Waals surface area contributed by atoms with Crippen LogP contribution in [0.3, 0.4) is 0 Å². The Morgan fingerprint density at radius 2 is 2.07 bits per heavy atom. The van der Waals surface area contributed by atoms with Crippen LogP contribution in [0, 0.1) is 12.7 Å². The second-order valence-corrected chi connectivity index (χ2v) is 3.54. The highest BCUT2D eigenvalue weighted by molar-refractivity contribution is 5.65. The summed E-state index contributed by atoms with van der Waals surface area (Å²) in [5, 5.41) is 4.24. The largest absolute Gasteiger partial charge is 0.384 e. The van der Waals surface area contributed by atoms with E-state index in [2.05, 4.69) is 5.10 Å². The third-order valence-electron chi connectivity index (χ3n) is 2.38. The molecular formula is C11H12FN3. The molecule has 78 valence electrons. The highest BCUT2D eigenvalue weighted by atomic mass is 19.1. The van der Waals surface area contributed by atoms with E-state index >= 15 is 0 Å². The molecule has 0 amide bonds. The predicted octanol–water partition coefficient (Wildman–Crippen LogP) is 2.12. The van der Waals surface area contributed by atoms with Crippen LogP contribution < -0.4 is 5.73 Å². The number of hydrogen-bond donors (Lipinski definition) is 1. The SMILES string of the molecule is Cc1cc(F)ccc1-c1cc(N)n(C)n1. The van der Waals surface area contributed by atoms with Crippen LogP contribution in [-0.4, -0.2) is 9.78 Å². The first-order valence-corrected chi connectivity index (χ1v) is 4.64. The Morgan fingerprint density at radius 3 is 2.60 bits per heavy atom. The van der Waals surface area contributed by atoms with Gasteiger partial charge in [0.25, 0.3) is 0 Å². The fraction of sp³-hybridized carbons (Fsp3) is 0.182. The molecule has 0 spiro atoms. The highest BCUT2D eigenvalue weighted by Gasteiger charge is 2.07. The van der Waals surface area contributed by atoms with Crippen molar-refractivity contribution < 1.29 is 4.39 Å². The number of halogens is 1. The number of nitrogens with two attached hydrogens (primary N) is 1. The number of nitrogen functional groups attached to an aromatic ring is 1. The molecule has 3 nitrogen and oxygen atoms in total. The quantitative estimate of drug-likeness (QED) is 0.774. The average Bonchev–Trinajstić information content (AvgIpc) is 2.46. The van der Waals surface area contributed by atoms with Crippen molar-refractivity contribution in [1.82, 2.24) is 9.78 Å². The van der Waals surface area contributed by atoms with Gasteiger partial charge in [-0.15, -0.1) is 0 Å². The topological polar surface area (TPSA) is 43.8 Å². The van der Waals surface area contributed by atoms with Gasteiger partial charge in [0.1, 0.15) is 11.6 Å². The molecule has 15 heavy (non-hydrogen) atoms. The van der Waals surface area contributed by atoms with Crippen LogP contribution in [0.15, 0.2) is 24.3 Å². The van der Waals surface area contributed by atoms with Gasteiger partial charge in [0.2, 0.25) is 0 Å². The summed E-state index contributed by atoms with van der Waals surface area (Å²) in [5.74, 6) is 0.355. The van der Waals surface area contributed by atoms with E-state index < -0.39 is 0 Å². The van der Waals surface area contributed by atoms with E-state index in [1.165, 1.54) is 12.1 Å². The van der Waals surface area contributed by atoms with E-state index in [0.717, 1.165) is 16.8 Å². The number of nitrogens with zero attached hydrogens (tertiary/aromatic N) is 2. The smallest absolute Gasteiger partial charge is 0.123 e. The van der Waals surface area contributed by atoms with Crippen molar-refractivity contribution in [2.24, 2.45) is 7.05 Å². The zero-order chi connectivity index (χ0) is 11.0. The first kappa shape index (κ1) is 9.71. The van der Waals surface area contributed by atoms with Crippen molar-refractivity contribution in [2.45, 2.75) is 6.92 Å². The van der Waals surface area contributed by atoms with Crippen LogP contribution in [0.1, 0.15) is 5.56 Å². The van der Waals surface area contributed by atoms with Crippen LogP contribution in [0.25, 0.3) is 11.3 Å². The van der Waals surface area contributed by atoms with Gasteiger partial charge in [-0.1, -0.05) is 0 Å². The van der Waals surface area contributed by atoms with E-state index in [0.29, 0.717) is 5.82 Å². The molecule has 1 heterocycles. The van der Waals surface area contributed by atoms with Gasteiger partial charge in [0.05, 0.1) is 5.69 Å². The molecule has 0 aliphatic heterocycles. The molecule has 0 atom stereocenters. The van der Waals surface area contributed by atoms with Crippen LogP contribution in [0.5, 0.6) is 0 Å². The van der Waals surface area contributed by atoms with Gasteiger partial charge in [0.15, 0.2) is 0 Å². The molecular weight excluding hydrogens is 193 g/mol. The maximum atomic E-state index is 12.9. The summed E-state index contributed by atoms with van der Waals surface area (Å²) in [6.07, 6.45) is 0. The standard InChI is InChI=1S/C11H12FN3/c1-7-5-8(12)3-4-9(7)10-6-11(13)15(2)14-10/h3-6H,13H2,1-2H3. The lowest BCUT2D eigenvalue weighted by atomic mass is 10.1. The van der Waals surface area contributed by atoms with Gasteiger partial charge in [-0.25, -0.2) is 4.39 Å². The summed E-state index contributed by atoms with van der Waals surface area (Å²) in [7, 11) is 1.78. The van der Waals surface area contributed by atoms with Crippen LogP contribution in [0.4, 0.5) is 10.2 Å². The molecule has 4 heteroatoms. The molecule has 0 fully saturated rings. The van der Waals surface area contributed by atoms with Crippen molar-refractivity contribution >= 4 is 5.82 Å². The monoisotopic (exact) mass is 205 g/mol. The van der Waals surface area contributed by atoms with Gasteiger partial charge in [0, 0.05) is 18.7 Å². The number of rotatable bonds is 1. The maximum absolute atomic E-state index is 12.9. The summed E-state index contributed by atoms with van der Waals surface area (Å²) < 4.78 is 14.5. The minimum absolute atomic E-state index is 0.236. The number of anilines is 1. The second-order valence-electron chi connectivity index (χ2n) is 3.54. The molecule has 0 aliphatic rings. The van der Waals surface area contributed by atoms with E-state index in [-0.39, 0.29) is 5.82 Å². The van der Waals surface area contributed by atoms with E-state index in [4.69, 9.17) is 5.73 Å². The summed E-state index contributed by atoms with van der Waals surface area (Å²) in [6, 6.07) is 6.40. The van der Waals surface area contributed by atoms with Crippen molar-refractivity contribution in [1.29, 1.82) is 0 Å². The Bertz CT molecular complexity index is 483. The first-order valence-electron chi connectivity index (χ1n) is 4.64. The molecule has 1 aromatic carbocycles. The highest BCUT2D eigenvalue weighted by Crippen LogP contribution is 2.23. The Balaban J connectivity index is 2.54. The van der Waals surface area contributed by atoms with Gasteiger partial charge in [-0.3, -0.25) is 4.68 Å². The Morgan fingerprint density at radius 1 is 1.33 bits per heavy atom. The van der Waals surface area contributed by atoms with Crippen molar-refractivity contribution in [3.8, 4) is 11.3 Å². The lowest BCUT2D eigenvalue weighted by Gasteiger charge is -2.01. The fourth-order valence-electron chi connectivity index (χ4n) is 1.53. The fourth-order valence-corrected chi connectivity index (χ4v) is 1.53. The zero-order valence-corrected chi connectivity index (χ0v) is 8.66. The van der Waals surface area contributed by atoms with Gasteiger partial charge in [-0.05, 0) is 30.7 Å². The molecule has 0 unspecified atom stereocenters. The first-order chi connectivity index (χ1) is 7.08. The molecule has 0 bridgehead atoms. The van der Waals surface area contributed by atoms with Gasteiger partial charge < -0.3 is 5.73 Å². The van der Waals surface area contributed by atoms with Crippen molar-refractivity contribution in [3.63, 3.8) is 0 Å². The Hall–Kier alpha value is -1.84. The molecule has 0 saturated heterocycles. The van der Waals surface area contributed by atoms with Crippen LogP contribution >= 0.6 is 0 Å². The van der Waals surface area contributed by atoms with Crippen LogP contribution in [-0.2, 0) is 7.05 Å². The van der Waals surface area contributed by atoms with Crippen molar-refractivity contribution in [2.75, 3.05) is 5.73 Å². The number of benzene rings is 1. The van der Waals surface area contributed by atoms with Gasteiger partial charge in [-0.2, -0.15) is 5.10 Å². The van der Waals surface area contributed by atoms with Crippen molar-refractivity contribution in [3.05, 3.63) is 35.6 Å². The molecule has 0 radical (unpaired) electrons. The molecule has 1 aromatic heterocycles. The normalized spacial score (nSPS) is 10.6. The Kier molecular flexibility index (Phi) is 2.19. The zero-order valence-electron chi connectivity index (χ0n) is 8.66. The molecule has 2 rings (SSSR count). The third-order valence-corrected chi connectivity index (χ3v) is 2.38. The summed E-state index contributed by atoms with van der Waals surface area (Å²) in [5.41, 5.74) is 8.22. The van der Waals surface area contributed by atoms with E-state index in [1.54, 1.807) is 23.9 Å². The van der Waals surface area contributed by atoms with Gasteiger partial charge >= 0.3 is 0 Å². The number of hydrogen-bond acceptors (Lipinski definition) is 2. The third kappa shape index (κ3) is 1.70. The minimum Gasteiger partial charge on any atom is -0.384 e.